The third kappa shape index (κ3) is 4.33. The Morgan fingerprint density at radius 2 is 2.13 bits per heavy atom. The van der Waals surface area contributed by atoms with Crippen LogP contribution in [-0.4, -0.2) is 47.8 Å². The number of nitrogens with one attached hydrogen (secondary N) is 2. The van der Waals surface area contributed by atoms with Crippen LogP contribution in [0.4, 0.5) is 5.82 Å². The van der Waals surface area contributed by atoms with Gasteiger partial charge in [-0.15, -0.1) is 11.3 Å². The van der Waals surface area contributed by atoms with E-state index in [1.807, 2.05) is 29.7 Å². The van der Waals surface area contributed by atoms with Crippen molar-refractivity contribution in [1.29, 1.82) is 0 Å². The van der Waals surface area contributed by atoms with Crippen LogP contribution < -0.4 is 10.2 Å². The molecule has 1 atom stereocenters. The second-order valence-corrected chi connectivity index (χ2v) is 9.64. The summed E-state index contributed by atoms with van der Waals surface area (Å²) in [6, 6.07) is 6.09. The number of hydrogen-bond acceptors (Lipinski definition) is 6. The topological polar surface area (TPSA) is 64.4 Å². The SMILES string of the molecule is C[C@@H]1CCc2c(sc3nc(C[NH+]4CCOCC4)nc(NCCc4ccccn4)c23)C1. The van der Waals surface area contributed by atoms with Crippen LogP contribution in [-0.2, 0) is 30.5 Å². The number of ether oxygens (including phenoxy) is 1. The molecule has 1 fully saturated rings. The molecule has 1 aliphatic carbocycles. The highest BCUT2D eigenvalue weighted by molar-refractivity contribution is 7.19. The van der Waals surface area contributed by atoms with Gasteiger partial charge in [0.25, 0.3) is 0 Å². The molecule has 158 valence electrons. The Morgan fingerprint density at radius 3 is 2.97 bits per heavy atom. The van der Waals surface area contributed by atoms with Crippen molar-refractivity contribution in [2.75, 3.05) is 38.2 Å². The van der Waals surface area contributed by atoms with E-state index in [0.29, 0.717) is 0 Å². The zero-order chi connectivity index (χ0) is 20.3. The highest BCUT2D eigenvalue weighted by Crippen LogP contribution is 2.40. The van der Waals surface area contributed by atoms with Gasteiger partial charge in [-0.25, -0.2) is 9.97 Å². The first kappa shape index (κ1) is 19.8. The molecule has 30 heavy (non-hydrogen) atoms. The third-order valence-corrected chi connectivity index (χ3v) is 7.36. The fourth-order valence-electron chi connectivity index (χ4n) is 4.51. The molecule has 7 heteroatoms. The molecule has 2 N–H and O–H groups in total. The molecule has 0 unspecified atom stereocenters. The standard InChI is InChI=1S/C23H29N5OS/c1-16-5-6-18-19(14-16)30-23-21(18)22(25-9-7-17-4-2-3-8-24-17)26-20(27-23)15-28-10-12-29-13-11-28/h2-4,8,16H,5-7,9-15H2,1H3,(H,25,26,27)/p+1/t16-/m1/s1. The summed E-state index contributed by atoms with van der Waals surface area (Å²) in [5.41, 5.74) is 2.59. The Balaban J connectivity index is 1.43. The summed E-state index contributed by atoms with van der Waals surface area (Å²) >= 11 is 1.89. The lowest BCUT2D eigenvalue weighted by Gasteiger charge is -2.23. The first-order chi connectivity index (χ1) is 14.8. The van der Waals surface area contributed by atoms with E-state index in [1.165, 1.54) is 33.6 Å². The summed E-state index contributed by atoms with van der Waals surface area (Å²) in [4.78, 5) is 18.7. The van der Waals surface area contributed by atoms with Gasteiger partial charge < -0.3 is 15.0 Å². The van der Waals surface area contributed by atoms with Crippen molar-refractivity contribution in [2.24, 2.45) is 5.92 Å². The lowest BCUT2D eigenvalue weighted by molar-refractivity contribution is -0.922. The molecule has 1 aliphatic heterocycles. The fraction of sp³-hybridized carbons (Fsp3) is 0.522. The highest BCUT2D eigenvalue weighted by atomic mass is 32.1. The minimum atomic E-state index is 0.761. The van der Waals surface area contributed by atoms with Crippen molar-refractivity contribution in [1.82, 2.24) is 15.0 Å². The number of fused-ring (bicyclic) bond motifs is 3. The summed E-state index contributed by atoms with van der Waals surface area (Å²) in [7, 11) is 0. The number of aromatic nitrogens is 3. The molecule has 5 rings (SSSR count). The van der Waals surface area contributed by atoms with E-state index < -0.39 is 0 Å². The number of hydrogen-bond donors (Lipinski definition) is 2. The van der Waals surface area contributed by atoms with Gasteiger partial charge in [0.1, 0.15) is 30.3 Å². The lowest BCUT2D eigenvalue weighted by atomic mass is 9.89. The second-order valence-electron chi connectivity index (χ2n) is 8.56. The van der Waals surface area contributed by atoms with Gasteiger partial charge in [-0.3, -0.25) is 4.98 Å². The second kappa shape index (κ2) is 8.96. The Morgan fingerprint density at radius 1 is 1.23 bits per heavy atom. The molecule has 0 bridgehead atoms. The fourth-order valence-corrected chi connectivity index (χ4v) is 5.91. The first-order valence-electron chi connectivity index (χ1n) is 11.1. The maximum atomic E-state index is 5.51. The molecule has 0 radical (unpaired) electrons. The molecule has 0 spiro atoms. The Labute approximate surface area is 181 Å². The third-order valence-electron chi connectivity index (χ3n) is 6.21. The van der Waals surface area contributed by atoms with Crippen LogP contribution in [0.25, 0.3) is 10.2 Å². The average molecular weight is 425 g/mol. The van der Waals surface area contributed by atoms with Crippen LogP contribution in [0, 0.1) is 5.92 Å². The lowest BCUT2D eigenvalue weighted by Crippen LogP contribution is -3.12. The molecule has 2 aliphatic rings. The molecular formula is C23H30N5OS+. The normalized spacial score (nSPS) is 19.7. The van der Waals surface area contributed by atoms with Crippen molar-refractivity contribution in [3.8, 4) is 0 Å². The molecule has 3 aromatic rings. The van der Waals surface area contributed by atoms with Crippen molar-refractivity contribution in [3.63, 3.8) is 0 Å². The summed E-state index contributed by atoms with van der Waals surface area (Å²) < 4.78 is 5.51. The number of thiophene rings is 1. The number of anilines is 1. The van der Waals surface area contributed by atoms with Crippen LogP contribution in [0.5, 0.6) is 0 Å². The van der Waals surface area contributed by atoms with E-state index in [2.05, 4.69) is 23.3 Å². The summed E-state index contributed by atoms with van der Waals surface area (Å²) in [6.07, 6.45) is 6.32. The minimum Gasteiger partial charge on any atom is -0.370 e. The van der Waals surface area contributed by atoms with Crippen LogP contribution in [0.2, 0.25) is 0 Å². The van der Waals surface area contributed by atoms with E-state index >= 15 is 0 Å². The summed E-state index contributed by atoms with van der Waals surface area (Å²) in [6.45, 7) is 7.78. The maximum Gasteiger partial charge on any atom is 0.187 e. The van der Waals surface area contributed by atoms with Crippen LogP contribution in [0.15, 0.2) is 24.4 Å². The molecule has 6 nitrogen and oxygen atoms in total. The van der Waals surface area contributed by atoms with E-state index in [1.54, 1.807) is 0 Å². The number of quaternary nitrogens is 1. The number of morpholine rings is 1. The zero-order valence-corrected chi connectivity index (χ0v) is 18.4. The van der Waals surface area contributed by atoms with Crippen LogP contribution in [0.3, 0.4) is 0 Å². The van der Waals surface area contributed by atoms with E-state index in [4.69, 9.17) is 14.7 Å². The van der Waals surface area contributed by atoms with E-state index in [0.717, 1.165) is 80.3 Å². The van der Waals surface area contributed by atoms with Crippen LogP contribution in [0.1, 0.15) is 35.3 Å². The molecule has 0 aromatic carbocycles. The van der Waals surface area contributed by atoms with Crippen molar-refractivity contribution in [2.45, 2.75) is 39.2 Å². The van der Waals surface area contributed by atoms with Gasteiger partial charge in [0.15, 0.2) is 5.82 Å². The van der Waals surface area contributed by atoms with Gasteiger partial charge in [-0.2, -0.15) is 0 Å². The van der Waals surface area contributed by atoms with Gasteiger partial charge in [0.2, 0.25) is 0 Å². The molecule has 3 aromatic heterocycles. The predicted octanol–water partition coefficient (Wildman–Crippen LogP) is 2.28. The molecule has 4 heterocycles. The Bertz CT molecular complexity index is 1000. The number of rotatable bonds is 6. The van der Waals surface area contributed by atoms with E-state index in [9.17, 15) is 0 Å². The monoisotopic (exact) mass is 424 g/mol. The predicted molar refractivity (Wildman–Crippen MR) is 120 cm³/mol. The first-order valence-corrected chi connectivity index (χ1v) is 11.9. The van der Waals surface area contributed by atoms with Crippen molar-refractivity contribution < 1.29 is 9.64 Å². The van der Waals surface area contributed by atoms with Gasteiger partial charge in [-0.1, -0.05) is 13.0 Å². The highest BCUT2D eigenvalue weighted by Gasteiger charge is 2.25. The van der Waals surface area contributed by atoms with Crippen molar-refractivity contribution >= 4 is 27.4 Å². The summed E-state index contributed by atoms with van der Waals surface area (Å²) in [5, 5.41) is 4.91. The average Bonchev–Trinajstić information content (AvgIpc) is 3.12. The smallest absolute Gasteiger partial charge is 0.187 e. The molecule has 0 saturated carbocycles. The van der Waals surface area contributed by atoms with Gasteiger partial charge in [-0.05, 0) is 42.9 Å². The van der Waals surface area contributed by atoms with Crippen LogP contribution >= 0.6 is 11.3 Å². The van der Waals surface area contributed by atoms with Gasteiger partial charge in [0.05, 0.1) is 18.6 Å². The van der Waals surface area contributed by atoms with Gasteiger partial charge >= 0.3 is 0 Å². The van der Waals surface area contributed by atoms with E-state index in [-0.39, 0.29) is 0 Å². The van der Waals surface area contributed by atoms with Gasteiger partial charge in [0, 0.05) is 29.7 Å². The van der Waals surface area contributed by atoms with Crippen molar-refractivity contribution in [3.05, 3.63) is 46.4 Å². The quantitative estimate of drug-likeness (QED) is 0.636. The molecule has 1 saturated heterocycles. The zero-order valence-electron chi connectivity index (χ0n) is 17.6. The molecular weight excluding hydrogens is 394 g/mol. The Kier molecular flexibility index (Phi) is 5.93. The number of aryl methyl sites for hydroxylation is 1. The number of pyridine rings is 1. The maximum absolute atomic E-state index is 5.51. The minimum absolute atomic E-state index is 0.761. The summed E-state index contributed by atoms with van der Waals surface area (Å²) in [5.74, 6) is 2.73. The molecule has 0 amide bonds. The Hall–Kier alpha value is -2.09. The number of nitrogens with zero attached hydrogens (tertiary/aromatic N) is 3. The largest absolute Gasteiger partial charge is 0.370 e.